The number of hydrogen-bond donors (Lipinski definition) is 0. The number of nitrogens with zero attached hydrogens (tertiary/aromatic N) is 2. The van der Waals surface area contributed by atoms with Crippen molar-refractivity contribution in [2.45, 2.75) is 6.54 Å². The van der Waals surface area contributed by atoms with E-state index < -0.39 is 0 Å². The van der Waals surface area contributed by atoms with Gasteiger partial charge in [0.25, 0.3) is 0 Å². The number of ether oxygens (including phenoxy) is 1. The van der Waals surface area contributed by atoms with Crippen molar-refractivity contribution in [1.29, 1.82) is 0 Å². The van der Waals surface area contributed by atoms with Gasteiger partial charge in [0.1, 0.15) is 13.2 Å². The number of aromatic nitrogens is 2. The van der Waals surface area contributed by atoms with Gasteiger partial charge < -0.3 is 9.30 Å². The summed E-state index contributed by atoms with van der Waals surface area (Å²) < 4.78 is 6.67. The summed E-state index contributed by atoms with van der Waals surface area (Å²) >= 11 is 0. The van der Waals surface area contributed by atoms with Crippen LogP contribution in [0.1, 0.15) is 0 Å². The summed E-state index contributed by atoms with van der Waals surface area (Å²) in [5.41, 5.74) is 1.80. The molecule has 0 spiro atoms. The van der Waals surface area contributed by atoms with Crippen LogP contribution in [0.4, 0.5) is 0 Å². The average Bonchev–Trinajstić information content (AvgIpc) is 2.70. The Balaban J connectivity index is 2.15. The maximum Gasteiger partial charge on any atom is 0.326 e. The fourth-order valence-corrected chi connectivity index (χ4v) is 1.47. The molecule has 0 amide bonds. The van der Waals surface area contributed by atoms with Gasteiger partial charge in [-0.1, -0.05) is 24.8 Å². The van der Waals surface area contributed by atoms with Crippen LogP contribution in [0.5, 0.6) is 0 Å². The highest BCUT2D eigenvalue weighted by molar-refractivity contribution is 5.78. The smallest absolute Gasteiger partial charge is 0.326 e. The van der Waals surface area contributed by atoms with Crippen molar-refractivity contribution < 1.29 is 9.53 Å². The fourth-order valence-electron chi connectivity index (χ4n) is 1.47. The van der Waals surface area contributed by atoms with Gasteiger partial charge in [-0.2, -0.15) is 0 Å². The molecule has 0 bridgehead atoms. The number of carbonyl (C=O) groups is 1. The lowest BCUT2D eigenvalue weighted by Gasteiger charge is -2.03. The van der Waals surface area contributed by atoms with Gasteiger partial charge in [0, 0.05) is 0 Å². The lowest BCUT2D eigenvalue weighted by molar-refractivity contribution is -0.143. The molecule has 0 fully saturated rings. The van der Waals surface area contributed by atoms with E-state index in [9.17, 15) is 4.79 Å². The first-order chi connectivity index (χ1) is 7.81. The van der Waals surface area contributed by atoms with Crippen LogP contribution in [0.2, 0.25) is 0 Å². The maximum atomic E-state index is 11.4. The highest BCUT2D eigenvalue weighted by Crippen LogP contribution is 2.11. The van der Waals surface area contributed by atoms with E-state index in [1.54, 1.807) is 17.0 Å². The summed E-state index contributed by atoms with van der Waals surface area (Å²) in [7, 11) is 0. The van der Waals surface area contributed by atoms with Crippen molar-refractivity contribution in [3.63, 3.8) is 0 Å². The Labute approximate surface area is 93.2 Å². The quantitative estimate of drug-likeness (QED) is 0.578. The van der Waals surface area contributed by atoms with Crippen molar-refractivity contribution in [2.75, 3.05) is 6.61 Å². The molecule has 0 aliphatic carbocycles. The first kappa shape index (κ1) is 10.4. The summed E-state index contributed by atoms with van der Waals surface area (Å²) in [6, 6.07) is 7.65. The molecule has 2 rings (SSSR count). The molecule has 4 heteroatoms. The number of carbonyl (C=O) groups excluding carboxylic acids is 1. The molecule has 0 radical (unpaired) electrons. The van der Waals surface area contributed by atoms with Gasteiger partial charge >= 0.3 is 5.97 Å². The topological polar surface area (TPSA) is 44.1 Å². The molecule has 4 nitrogen and oxygen atoms in total. The fraction of sp³-hybridized carbons (Fsp3) is 0.167. The van der Waals surface area contributed by atoms with Crippen LogP contribution >= 0.6 is 0 Å². The molecule has 1 aromatic carbocycles. The SMILES string of the molecule is C=CCOC(=O)Cn1cnc2ccccc21. The Kier molecular flexibility index (Phi) is 3.00. The van der Waals surface area contributed by atoms with E-state index in [0.717, 1.165) is 11.0 Å². The number of esters is 1. The normalized spacial score (nSPS) is 10.2. The van der Waals surface area contributed by atoms with Crippen molar-refractivity contribution in [3.8, 4) is 0 Å². The third-order valence-electron chi connectivity index (χ3n) is 2.19. The molecule has 2 aromatic rings. The summed E-state index contributed by atoms with van der Waals surface area (Å²) in [5.74, 6) is -0.289. The van der Waals surface area contributed by atoms with Crippen LogP contribution < -0.4 is 0 Å². The molecule has 82 valence electrons. The molecule has 0 unspecified atom stereocenters. The number of fused-ring (bicyclic) bond motifs is 1. The number of hydrogen-bond acceptors (Lipinski definition) is 3. The van der Waals surface area contributed by atoms with E-state index in [4.69, 9.17) is 4.74 Å². The molecule has 1 heterocycles. The van der Waals surface area contributed by atoms with Crippen LogP contribution in [0.25, 0.3) is 11.0 Å². The second kappa shape index (κ2) is 4.61. The van der Waals surface area contributed by atoms with Crippen LogP contribution in [-0.2, 0) is 16.1 Å². The van der Waals surface area contributed by atoms with Crippen molar-refractivity contribution in [3.05, 3.63) is 43.2 Å². The van der Waals surface area contributed by atoms with E-state index in [-0.39, 0.29) is 19.1 Å². The number of para-hydroxylation sites is 2. The Morgan fingerprint density at radius 2 is 2.31 bits per heavy atom. The van der Waals surface area contributed by atoms with Gasteiger partial charge in [0.2, 0.25) is 0 Å². The highest BCUT2D eigenvalue weighted by Gasteiger charge is 2.06. The number of rotatable bonds is 4. The van der Waals surface area contributed by atoms with Crippen molar-refractivity contribution in [2.24, 2.45) is 0 Å². The Morgan fingerprint density at radius 3 is 3.12 bits per heavy atom. The zero-order valence-electron chi connectivity index (χ0n) is 8.80. The minimum Gasteiger partial charge on any atom is -0.460 e. The minimum atomic E-state index is -0.289. The van der Waals surface area contributed by atoms with Gasteiger partial charge in [0.15, 0.2) is 0 Å². The summed E-state index contributed by atoms with van der Waals surface area (Å²) in [5, 5.41) is 0. The zero-order valence-corrected chi connectivity index (χ0v) is 8.80. The van der Waals surface area contributed by atoms with Gasteiger partial charge in [-0.15, -0.1) is 0 Å². The second-order valence-electron chi connectivity index (χ2n) is 3.33. The lowest BCUT2D eigenvalue weighted by atomic mass is 10.3. The lowest BCUT2D eigenvalue weighted by Crippen LogP contribution is -2.12. The van der Waals surface area contributed by atoms with E-state index in [2.05, 4.69) is 11.6 Å². The summed E-state index contributed by atoms with van der Waals surface area (Å²) in [4.78, 5) is 15.6. The maximum absolute atomic E-state index is 11.4. The second-order valence-corrected chi connectivity index (χ2v) is 3.33. The predicted octanol–water partition coefficient (Wildman–Crippen LogP) is 1.77. The highest BCUT2D eigenvalue weighted by atomic mass is 16.5. The molecule has 0 aliphatic rings. The van der Waals surface area contributed by atoms with Crippen LogP contribution in [0, 0.1) is 0 Å². The van der Waals surface area contributed by atoms with Crippen LogP contribution in [0.3, 0.4) is 0 Å². The number of imidazole rings is 1. The minimum absolute atomic E-state index is 0.175. The van der Waals surface area contributed by atoms with Crippen molar-refractivity contribution >= 4 is 17.0 Å². The van der Waals surface area contributed by atoms with Crippen LogP contribution in [0.15, 0.2) is 43.2 Å². The molecule has 0 saturated carbocycles. The van der Waals surface area contributed by atoms with Gasteiger partial charge in [-0.3, -0.25) is 4.79 Å². The predicted molar refractivity (Wildman–Crippen MR) is 60.9 cm³/mol. The first-order valence-corrected chi connectivity index (χ1v) is 4.97. The third-order valence-corrected chi connectivity index (χ3v) is 2.19. The van der Waals surface area contributed by atoms with Crippen molar-refractivity contribution in [1.82, 2.24) is 9.55 Å². The van der Waals surface area contributed by atoms with E-state index in [1.165, 1.54) is 0 Å². The molecule has 0 atom stereocenters. The van der Waals surface area contributed by atoms with Crippen LogP contribution in [-0.4, -0.2) is 22.1 Å². The number of benzene rings is 1. The Morgan fingerprint density at radius 1 is 1.50 bits per heavy atom. The van der Waals surface area contributed by atoms with Gasteiger partial charge in [0.05, 0.1) is 17.4 Å². The average molecular weight is 216 g/mol. The van der Waals surface area contributed by atoms with E-state index in [0.29, 0.717) is 0 Å². The molecule has 1 aromatic heterocycles. The zero-order chi connectivity index (χ0) is 11.4. The van der Waals surface area contributed by atoms with E-state index in [1.807, 2.05) is 24.3 Å². The Hall–Kier alpha value is -2.10. The molecule has 0 N–H and O–H groups in total. The third kappa shape index (κ3) is 2.11. The van der Waals surface area contributed by atoms with Gasteiger partial charge in [-0.25, -0.2) is 4.98 Å². The monoisotopic (exact) mass is 216 g/mol. The largest absolute Gasteiger partial charge is 0.460 e. The molecule has 0 aliphatic heterocycles. The molecule has 0 saturated heterocycles. The summed E-state index contributed by atoms with van der Waals surface area (Å²) in [6.07, 6.45) is 3.18. The molecular formula is C12H12N2O2. The Bertz CT molecular complexity index is 516. The van der Waals surface area contributed by atoms with Gasteiger partial charge in [-0.05, 0) is 12.1 Å². The first-order valence-electron chi connectivity index (χ1n) is 4.97. The standard InChI is InChI=1S/C12H12N2O2/c1-2-7-16-12(15)8-14-9-13-10-5-3-4-6-11(10)14/h2-6,9H,1,7-8H2. The molecular weight excluding hydrogens is 204 g/mol. The summed E-state index contributed by atoms with van der Waals surface area (Å²) in [6.45, 7) is 3.90. The van der Waals surface area contributed by atoms with E-state index >= 15 is 0 Å². The molecule has 16 heavy (non-hydrogen) atoms.